The Bertz CT molecular complexity index is 1460. The molecule has 0 fully saturated rings. The molecule has 9 heteroatoms. The highest BCUT2D eigenvalue weighted by Gasteiger charge is 2.14. The second kappa shape index (κ2) is 12.8. The predicted octanol–water partition coefficient (Wildman–Crippen LogP) is 6.56. The number of rotatable bonds is 9. The van der Waals surface area contributed by atoms with E-state index < -0.39 is 5.97 Å². The first-order chi connectivity index (χ1) is 18.4. The molecule has 0 atom stereocenters. The fraction of sp³-hybridized carbons (Fsp3) is 0.0690. The molecule has 4 aromatic rings. The van der Waals surface area contributed by atoms with Gasteiger partial charge in [-0.2, -0.15) is 5.10 Å². The van der Waals surface area contributed by atoms with Gasteiger partial charge in [0.2, 0.25) is 0 Å². The number of hydrogen-bond acceptors (Lipinski definition) is 6. The third kappa shape index (κ3) is 7.12. The summed E-state index contributed by atoms with van der Waals surface area (Å²) in [5.74, 6) is 0.169. The largest absolute Gasteiger partial charge is 0.493 e. The van der Waals surface area contributed by atoms with Crippen molar-refractivity contribution in [1.82, 2.24) is 5.43 Å². The number of ether oxygens (including phenoxy) is 3. The average Bonchev–Trinajstić information content (AvgIpc) is 2.94. The van der Waals surface area contributed by atoms with E-state index in [-0.39, 0.29) is 22.2 Å². The van der Waals surface area contributed by atoms with Gasteiger partial charge >= 0.3 is 5.97 Å². The number of hydrazone groups is 1. The first kappa shape index (κ1) is 26.7. The molecule has 7 nitrogen and oxygen atoms in total. The van der Waals surface area contributed by atoms with Crippen LogP contribution in [0.25, 0.3) is 0 Å². The summed E-state index contributed by atoms with van der Waals surface area (Å²) in [7, 11) is 1.45. The van der Waals surface area contributed by atoms with E-state index >= 15 is 0 Å². The van der Waals surface area contributed by atoms with Crippen molar-refractivity contribution in [2.45, 2.75) is 6.61 Å². The van der Waals surface area contributed by atoms with Gasteiger partial charge in [0.1, 0.15) is 12.4 Å². The average molecular weight is 549 g/mol. The Labute approximate surface area is 229 Å². The summed E-state index contributed by atoms with van der Waals surface area (Å²) in [6, 6.07) is 25.9. The maximum Gasteiger partial charge on any atom is 0.343 e. The number of carbonyl (C=O) groups is 2. The molecule has 0 aliphatic heterocycles. The number of esters is 1. The lowest BCUT2D eigenvalue weighted by Crippen LogP contribution is -2.17. The highest BCUT2D eigenvalue weighted by Crippen LogP contribution is 2.29. The fourth-order valence-electron chi connectivity index (χ4n) is 3.30. The van der Waals surface area contributed by atoms with Crippen molar-refractivity contribution in [2.24, 2.45) is 5.10 Å². The van der Waals surface area contributed by atoms with Gasteiger partial charge in [0.05, 0.1) is 28.9 Å². The van der Waals surface area contributed by atoms with Crippen LogP contribution in [0, 0.1) is 0 Å². The maximum absolute atomic E-state index is 12.5. The topological polar surface area (TPSA) is 86.2 Å². The summed E-state index contributed by atoms with van der Waals surface area (Å²) >= 11 is 11.9. The Kier molecular flexibility index (Phi) is 8.98. The van der Waals surface area contributed by atoms with Gasteiger partial charge in [-0.1, -0.05) is 53.5 Å². The molecule has 4 aromatic carbocycles. The SMILES string of the molecule is COc1cc(C=NNC(=O)c2ccc(OCc3ccccc3)cc2)ccc1OC(=O)c1ccc(Cl)c(Cl)c1. The Morgan fingerprint density at radius 1 is 0.842 bits per heavy atom. The molecular weight excluding hydrogens is 527 g/mol. The van der Waals surface area contributed by atoms with Crippen molar-refractivity contribution in [2.75, 3.05) is 7.11 Å². The summed E-state index contributed by atoms with van der Waals surface area (Å²) < 4.78 is 16.5. The van der Waals surface area contributed by atoms with Crippen LogP contribution in [0.3, 0.4) is 0 Å². The van der Waals surface area contributed by atoms with Crippen LogP contribution in [-0.2, 0) is 6.61 Å². The van der Waals surface area contributed by atoms with Gasteiger partial charge in [-0.25, -0.2) is 10.2 Å². The van der Waals surface area contributed by atoms with Gasteiger partial charge in [-0.15, -0.1) is 0 Å². The number of amides is 1. The lowest BCUT2D eigenvalue weighted by atomic mass is 10.2. The number of carbonyl (C=O) groups excluding carboxylic acids is 2. The zero-order chi connectivity index (χ0) is 26.9. The van der Waals surface area contributed by atoms with Crippen molar-refractivity contribution < 1.29 is 23.8 Å². The number of methoxy groups -OCH3 is 1. The number of hydrogen-bond donors (Lipinski definition) is 1. The van der Waals surface area contributed by atoms with Gasteiger partial charge in [0.15, 0.2) is 11.5 Å². The molecule has 0 heterocycles. The van der Waals surface area contributed by atoms with Gasteiger partial charge in [-0.05, 0) is 71.8 Å². The first-order valence-electron chi connectivity index (χ1n) is 11.4. The number of nitrogens with one attached hydrogen (secondary N) is 1. The Morgan fingerprint density at radius 3 is 2.29 bits per heavy atom. The molecule has 1 N–H and O–H groups in total. The minimum Gasteiger partial charge on any atom is -0.493 e. The van der Waals surface area contributed by atoms with E-state index in [1.165, 1.54) is 31.5 Å². The van der Waals surface area contributed by atoms with Crippen LogP contribution in [0.5, 0.6) is 17.2 Å². The lowest BCUT2D eigenvalue weighted by molar-refractivity contribution is 0.0729. The molecular formula is C29H22Cl2N2O5. The van der Waals surface area contributed by atoms with Crippen molar-refractivity contribution in [1.29, 1.82) is 0 Å². The lowest BCUT2D eigenvalue weighted by Gasteiger charge is -2.10. The molecule has 0 aliphatic rings. The summed E-state index contributed by atoms with van der Waals surface area (Å²) in [6.07, 6.45) is 1.45. The summed E-state index contributed by atoms with van der Waals surface area (Å²) in [6.45, 7) is 0.438. The zero-order valence-corrected chi connectivity index (χ0v) is 21.7. The second-order valence-electron chi connectivity index (χ2n) is 7.93. The minimum absolute atomic E-state index is 0.208. The van der Waals surface area contributed by atoms with E-state index in [0.717, 1.165) is 5.56 Å². The molecule has 0 aliphatic carbocycles. The molecule has 0 spiro atoms. The maximum atomic E-state index is 12.5. The number of nitrogens with zero attached hydrogens (tertiary/aromatic N) is 1. The third-order valence-electron chi connectivity index (χ3n) is 5.29. The van der Waals surface area contributed by atoms with Gasteiger partial charge in [0, 0.05) is 5.56 Å². The molecule has 0 aromatic heterocycles. The van der Waals surface area contributed by atoms with Crippen LogP contribution in [0.2, 0.25) is 10.0 Å². The molecule has 0 unspecified atom stereocenters. The third-order valence-corrected chi connectivity index (χ3v) is 6.03. The molecule has 192 valence electrons. The summed E-state index contributed by atoms with van der Waals surface area (Å²) in [4.78, 5) is 24.9. The van der Waals surface area contributed by atoms with Crippen molar-refractivity contribution in [3.63, 3.8) is 0 Å². The quantitative estimate of drug-likeness (QED) is 0.111. The van der Waals surface area contributed by atoms with Crippen molar-refractivity contribution in [3.8, 4) is 17.2 Å². The van der Waals surface area contributed by atoms with E-state index in [1.807, 2.05) is 30.3 Å². The molecule has 0 saturated carbocycles. The zero-order valence-electron chi connectivity index (χ0n) is 20.2. The molecule has 0 radical (unpaired) electrons. The molecule has 38 heavy (non-hydrogen) atoms. The van der Waals surface area contributed by atoms with E-state index in [0.29, 0.717) is 34.3 Å². The van der Waals surface area contributed by atoms with Gasteiger partial charge < -0.3 is 14.2 Å². The van der Waals surface area contributed by atoms with E-state index in [1.54, 1.807) is 42.5 Å². The van der Waals surface area contributed by atoms with Crippen molar-refractivity contribution >= 4 is 41.3 Å². The van der Waals surface area contributed by atoms with Crippen LogP contribution >= 0.6 is 23.2 Å². The van der Waals surface area contributed by atoms with E-state index in [4.69, 9.17) is 37.4 Å². The van der Waals surface area contributed by atoms with Crippen LogP contribution in [-0.4, -0.2) is 25.2 Å². The second-order valence-corrected chi connectivity index (χ2v) is 8.74. The van der Waals surface area contributed by atoms with Crippen molar-refractivity contribution in [3.05, 3.63) is 123 Å². The van der Waals surface area contributed by atoms with Crippen LogP contribution < -0.4 is 19.6 Å². The Morgan fingerprint density at radius 2 is 1.58 bits per heavy atom. The first-order valence-corrected chi connectivity index (χ1v) is 12.1. The molecule has 0 saturated heterocycles. The summed E-state index contributed by atoms with van der Waals surface area (Å²) in [5, 5.41) is 4.58. The fourth-order valence-corrected chi connectivity index (χ4v) is 3.60. The Hall–Kier alpha value is -4.33. The van der Waals surface area contributed by atoms with E-state index in [2.05, 4.69) is 10.5 Å². The monoisotopic (exact) mass is 548 g/mol. The molecule has 1 amide bonds. The van der Waals surface area contributed by atoms with E-state index in [9.17, 15) is 9.59 Å². The number of halogens is 2. The highest BCUT2D eigenvalue weighted by molar-refractivity contribution is 6.42. The smallest absolute Gasteiger partial charge is 0.343 e. The summed E-state index contributed by atoms with van der Waals surface area (Å²) in [5.41, 5.74) is 4.81. The molecule has 0 bridgehead atoms. The number of benzene rings is 4. The predicted molar refractivity (Wildman–Crippen MR) is 147 cm³/mol. The minimum atomic E-state index is -0.618. The van der Waals surface area contributed by atoms with Gasteiger partial charge in [0.25, 0.3) is 5.91 Å². The highest BCUT2D eigenvalue weighted by atomic mass is 35.5. The molecule has 4 rings (SSSR count). The van der Waals surface area contributed by atoms with Crippen LogP contribution in [0.15, 0.2) is 96.1 Å². The van der Waals surface area contributed by atoms with Crippen LogP contribution in [0.1, 0.15) is 31.8 Å². The Balaban J connectivity index is 1.33. The van der Waals surface area contributed by atoms with Crippen LogP contribution in [0.4, 0.5) is 0 Å². The normalized spacial score (nSPS) is 10.7. The van der Waals surface area contributed by atoms with Gasteiger partial charge in [-0.3, -0.25) is 4.79 Å². The standard InChI is InChI=1S/C29H22Cl2N2O5/c1-36-27-15-20(7-14-26(27)38-29(35)22-10-13-24(30)25(31)16-22)17-32-33-28(34)21-8-11-23(12-9-21)37-18-19-5-3-2-4-6-19/h2-17H,18H2,1H3,(H,33,34).